The third-order valence-electron chi connectivity index (χ3n) is 3.83. The predicted molar refractivity (Wildman–Crippen MR) is 87.3 cm³/mol. The second-order valence-electron chi connectivity index (χ2n) is 5.65. The van der Waals surface area contributed by atoms with E-state index in [1.54, 1.807) is 6.07 Å². The number of nitro groups is 1. The van der Waals surface area contributed by atoms with Gasteiger partial charge in [0.05, 0.1) is 4.92 Å². The lowest BCUT2D eigenvalue weighted by Gasteiger charge is -2.26. The summed E-state index contributed by atoms with van der Waals surface area (Å²) in [5.74, 6) is 5.04. The zero-order chi connectivity index (χ0) is 18.4. The van der Waals surface area contributed by atoms with Crippen LogP contribution in [-0.2, 0) is 4.74 Å². The van der Waals surface area contributed by atoms with Crippen molar-refractivity contribution in [1.82, 2.24) is 0 Å². The van der Waals surface area contributed by atoms with E-state index in [-0.39, 0.29) is 11.3 Å². The Hall–Kier alpha value is -2.63. The van der Waals surface area contributed by atoms with Gasteiger partial charge in [0, 0.05) is 17.9 Å². The van der Waals surface area contributed by atoms with Gasteiger partial charge in [0.2, 0.25) is 5.75 Å². The Morgan fingerprint density at radius 3 is 2.84 bits per heavy atom. The molecule has 3 unspecified atom stereocenters. The Morgan fingerprint density at radius 2 is 2.20 bits per heavy atom. The van der Waals surface area contributed by atoms with Crippen LogP contribution in [0.1, 0.15) is 44.1 Å². The first kappa shape index (κ1) is 18.7. The molecule has 8 nitrogen and oxygen atoms in total. The normalized spacial score (nSPS) is 21.2. The molecule has 2 N–H and O–H groups in total. The number of hydrogen-bond donors (Lipinski definition) is 2. The second kappa shape index (κ2) is 8.46. The fourth-order valence-corrected chi connectivity index (χ4v) is 2.87. The molecule has 1 aliphatic carbocycles. The van der Waals surface area contributed by atoms with E-state index in [9.17, 15) is 20.0 Å². The van der Waals surface area contributed by atoms with Gasteiger partial charge in [-0.3, -0.25) is 10.1 Å². The van der Waals surface area contributed by atoms with Crippen molar-refractivity contribution in [2.24, 2.45) is 0 Å². The molecule has 1 aromatic rings. The molecule has 0 saturated heterocycles. The molecule has 1 aromatic carbocycles. The number of nitrogens with zero attached hydrogens (tertiary/aromatic N) is 1. The van der Waals surface area contributed by atoms with Crippen molar-refractivity contribution >= 4 is 11.8 Å². The van der Waals surface area contributed by atoms with E-state index in [0.29, 0.717) is 12.8 Å². The van der Waals surface area contributed by atoms with Crippen molar-refractivity contribution in [3.8, 4) is 17.6 Å². The number of carbonyl (C=O) groups is 1. The maximum atomic E-state index is 11.6. The monoisotopic (exact) mass is 349 g/mol. The summed E-state index contributed by atoms with van der Waals surface area (Å²) in [7, 11) is 0. The minimum Gasteiger partial charge on any atom is -0.449 e. The molecule has 8 heteroatoms. The Morgan fingerprint density at radius 1 is 1.44 bits per heavy atom. The average Bonchev–Trinajstić information content (AvgIpc) is 2.49. The summed E-state index contributed by atoms with van der Waals surface area (Å²) in [6.45, 7) is 1.44. The third-order valence-corrected chi connectivity index (χ3v) is 3.83. The van der Waals surface area contributed by atoms with Crippen LogP contribution in [-0.4, -0.2) is 33.7 Å². The Labute approximate surface area is 144 Å². The largest absolute Gasteiger partial charge is 0.511 e. The number of aliphatic hydroxyl groups excluding tert-OH is 1. The summed E-state index contributed by atoms with van der Waals surface area (Å²) >= 11 is 0. The first-order valence-corrected chi connectivity index (χ1v) is 7.90. The van der Waals surface area contributed by atoms with Gasteiger partial charge < -0.3 is 19.7 Å². The molecule has 134 valence electrons. The number of aliphatic hydroxyl groups is 1. The molecule has 0 bridgehead atoms. The van der Waals surface area contributed by atoms with Gasteiger partial charge in [-0.15, -0.1) is 5.92 Å². The van der Waals surface area contributed by atoms with Crippen molar-refractivity contribution in [2.45, 2.75) is 50.9 Å². The lowest BCUT2D eigenvalue weighted by Crippen LogP contribution is -2.27. The van der Waals surface area contributed by atoms with E-state index in [1.165, 1.54) is 19.1 Å². The fourth-order valence-electron chi connectivity index (χ4n) is 2.87. The first-order chi connectivity index (χ1) is 11.9. The van der Waals surface area contributed by atoms with Crippen LogP contribution in [0.3, 0.4) is 0 Å². The van der Waals surface area contributed by atoms with E-state index in [1.807, 2.05) is 0 Å². The number of ether oxygens (including phenoxy) is 2. The van der Waals surface area contributed by atoms with Crippen LogP contribution in [0.15, 0.2) is 18.2 Å². The molecule has 2 rings (SSSR count). The zero-order valence-corrected chi connectivity index (χ0v) is 13.7. The molecule has 25 heavy (non-hydrogen) atoms. The molecule has 1 aliphatic rings. The van der Waals surface area contributed by atoms with Gasteiger partial charge in [-0.05, 0) is 25.8 Å². The van der Waals surface area contributed by atoms with Gasteiger partial charge in [0.25, 0.3) is 0 Å². The van der Waals surface area contributed by atoms with Crippen LogP contribution < -0.4 is 4.74 Å². The van der Waals surface area contributed by atoms with Crippen LogP contribution in [0.4, 0.5) is 10.5 Å². The topological polar surface area (TPSA) is 119 Å². The molecule has 0 aliphatic heterocycles. The molecular weight excluding hydrogens is 330 g/mol. The molecule has 0 heterocycles. The predicted octanol–water partition coefficient (Wildman–Crippen LogP) is 3.04. The van der Waals surface area contributed by atoms with Gasteiger partial charge in [0.15, 0.2) is 6.29 Å². The van der Waals surface area contributed by atoms with Crippen LogP contribution >= 0.6 is 0 Å². The number of benzene rings is 1. The first-order valence-electron chi connectivity index (χ1n) is 7.90. The molecule has 0 amide bonds. The molecular formula is C17H19NO7. The number of carboxylic acid groups (broad SMARTS) is 1. The van der Waals surface area contributed by atoms with Crippen molar-refractivity contribution in [1.29, 1.82) is 0 Å². The molecule has 0 aromatic heterocycles. The van der Waals surface area contributed by atoms with Crippen LogP contribution in [0.2, 0.25) is 0 Å². The highest BCUT2D eigenvalue weighted by molar-refractivity contribution is 5.66. The highest BCUT2D eigenvalue weighted by atomic mass is 16.7. The lowest BCUT2D eigenvalue weighted by atomic mass is 9.86. The number of para-hydroxylation sites is 1. The van der Waals surface area contributed by atoms with Gasteiger partial charge >= 0.3 is 11.8 Å². The fraction of sp³-hybridized carbons (Fsp3) is 0.471. The number of nitro benzene ring substituents is 1. The third kappa shape index (κ3) is 4.92. The summed E-state index contributed by atoms with van der Waals surface area (Å²) in [4.78, 5) is 21.7. The van der Waals surface area contributed by atoms with Gasteiger partial charge in [0.1, 0.15) is 6.10 Å². The second-order valence-corrected chi connectivity index (χ2v) is 5.65. The number of hydrogen-bond acceptors (Lipinski definition) is 6. The van der Waals surface area contributed by atoms with E-state index in [4.69, 9.17) is 9.84 Å². The maximum Gasteiger partial charge on any atom is 0.511 e. The van der Waals surface area contributed by atoms with Crippen molar-refractivity contribution in [3.05, 3.63) is 33.9 Å². The van der Waals surface area contributed by atoms with Crippen molar-refractivity contribution < 1.29 is 29.4 Å². The summed E-state index contributed by atoms with van der Waals surface area (Å²) in [6, 6.07) is 4.26. The molecule has 0 fully saturated rings. The molecule has 0 saturated carbocycles. The molecule has 0 spiro atoms. The van der Waals surface area contributed by atoms with Gasteiger partial charge in [-0.25, -0.2) is 4.79 Å². The smallest absolute Gasteiger partial charge is 0.449 e. The average molecular weight is 349 g/mol. The quantitative estimate of drug-likeness (QED) is 0.209. The standard InChI is InChI=1S/C17H19NO7/c1-11(19)24-14-9-5-3-2-4-7-12(14)13-8-6-10-15(25-17(20)21)16(13)18(22)23/h6,8,10-12,14,19H,2-4,7H2,1H3,(H,20,21). The maximum absolute atomic E-state index is 11.6. The Balaban J connectivity index is 2.52. The molecule has 3 atom stereocenters. The van der Waals surface area contributed by atoms with E-state index in [2.05, 4.69) is 16.6 Å². The van der Waals surface area contributed by atoms with E-state index >= 15 is 0 Å². The lowest BCUT2D eigenvalue weighted by molar-refractivity contribution is -0.386. The zero-order valence-electron chi connectivity index (χ0n) is 13.7. The SMILES string of the molecule is CC(O)OC1C#CCCCCC1c1cccc(OC(=O)O)c1[N+](=O)[O-]. The highest BCUT2D eigenvalue weighted by Crippen LogP contribution is 2.40. The van der Waals surface area contributed by atoms with Gasteiger partial charge in [-0.2, -0.15) is 0 Å². The van der Waals surface area contributed by atoms with E-state index < -0.39 is 35.1 Å². The Bertz CT molecular complexity index is 705. The number of rotatable bonds is 5. The van der Waals surface area contributed by atoms with Crippen molar-refractivity contribution in [3.63, 3.8) is 0 Å². The summed E-state index contributed by atoms with van der Waals surface area (Å²) in [5.41, 5.74) is -0.137. The van der Waals surface area contributed by atoms with Crippen LogP contribution in [0.25, 0.3) is 0 Å². The highest BCUT2D eigenvalue weighted by Gasteiger charge is 2.33. The summed E-state index contributed by atoms with van der Waals surface area (Å²) in [5, 5.41) is 29.9. The van der Waals surface area contributed by atoms with Crippen LogP contribution in [0, 0.1) is 22.0 Å². The minimum atomic E-state index is -1.63. The summed E-state index contributed by atoms with van der Waals surface area (Å²) in [6.07, 6.45) is -0.572. The molecule has 0 radical (unpaired) electrons. The van der Waals surface area contributed by atoms with Gasteiger partial charge in [-0.1, -0.05) is 24.5 Å². The summed E-state index contributed by atoms with van der Waals surface area (Å²) < 4.78 is 10.0. The minimum absolute atomic E-state index is 0.283. The van der Waals surface area contributed by atoms with E-state index in [0.717, 1.165) is 12.8 Å². The van der Waals surface area contributed by atoms with Crippen LogP contribution in [0.5, 0.6) is 5.75 Å². The van der Waals surface area contributed by atoms with Crippen molar-refractivity contribution in [2.75, 3.05) is 0 Å². The Kier molecular flexibility index (Phi) is 6.33.